The number of alkyl halides is 3. The van der Waals surface area contributed by atoms with Gasteiger partial charge in [-0.1, -0.05) is 29.8 Å². The van der Waals surface area contributed by atoms with Crippen molar-refractivity contribution in [2.45, 2.75) is 38.8 Å². The van der Waals surface area contributed by atoms with E-state index in [1.54, 1.807) is 0 Å². The number of hydrogen-bond donors (Lipinski definition) is 1. The minimum absolute atomic E-state index is 0.127. The van der Waals surface area contributed by atoms with Crippen molar-refractivity contribution >= 4 is 16.9 Å². The van der Waals surface area contributed by atoms with Crippen molar-refractivity contribution in [3.63, 3.8) is 0 Å². The summed E-state index contributed by atoms with van der Waals surface area (Å²) >= 11 is 0. The van der Waals surface area contributed by atoms with Gasteiger partial charge in [0.25, 0.3) is 0 Å². The summed E-state index contributed by atoms with van der Waals surface area (Å²) in [5.41, 5.74) is 1.81. The predicted molar refractivity (Wildman–Crippen MR) is 91.7 cm³/mol. The Kier molecular flexibility index (Phi) is 5.06. The Bertz CT molecular complexity index is 914. The van der Waals surface area contributed by atoms with Crippen LogP contribution in [0.25, 0.3) is 11.2 Å². The molecule has 0 saturated heterocycles. The molecule has 2 aromatic heterocycles. The topological polar surface area (TPSA) is 58.6 Å². The van der Waals surface area contributed by atoms with Crippen LogP contribution < -0.4 is 0 Å². The SMILES string of the molecule is Cc1ccc(CC(=O)CCCc2nc3ncc(C(F)(F)F)cc3[nH]2)cc1. The Labute approximate surface area is 148 Å². The van der Waals surface area contributed by atoms with Crippen molar-refractivity contribution < 1.29 is 18.0 Å². The quantitative estimate of drug-likeness (QED) is 0.707. The second-order valence-electron chi connectivity index (χ2n) is 6.33. The highest BCUT2D eigenvalue weighted by Crippen LogP contribution is 2.29. The number of pyridine rings is 1. The number of aromatic nitrogens is 3. The van der Waals surface area contributed by atoms with E-state index in [-0.39, 0.29) is 16.9 Å². The molecule has 26 heavy (non-hydrogen) atoms. The molecule has 0 bridgehead atoms. The van der Waals surface area contributed by atoms with E-state index in [2.05, 4.69) is 15.0 Å². The fraction of sp³-hybridized carbons (Fsp3) is 0.316. The van der Waals surface area contributed by atoms with Gasteiger partial charge in [0.2, 0.25) is 0 Å². The van der Waals surface area contributed by atoms with Gasteiger partial charge >= 0.3 is 6.18 Å². The van der Waals surface area contributed by atoms with Crippen molar-refractivity contribution in [3.05, 3.63) is 59.0 Å². The largest absolute Gasteiger partial charge is 0.417 e. The van der Waals surface area contributed by atoms with E-state index < -0.39 is 11.7 Å². The number of halogens is 3. The number of H-pyrrole nitrogens is 1. The fourth-order valence-electron chi connectivity index (χ4n) is 2.70. The van der Waals surface area contributed by atoms with E-state index in [0.717, 1.165) is 23.4 Å². The molecular formula is C19H18F3N3O. The predicted octanol–water partition coefficient (Wildman–Crippen LogP) is 4.42. The van der Waals surface area contributed by atoms with Gasteiger partial charge in [-0.15, -0.1) is 0 Å². The molecule has 0 aliphatic heterocycles. The molecule has 0 spiro atoms. The number of hydrogen-bond acceptors (Lipinski definition) is 3. The van der Waals surface area contributed by atoms with Gasteiger partial charge in [-0.05, 0) is 25.0 Å². The fourth-order valence-corrected chi connectivity index (χ4v) is 2.70. The van der Waals surface area contributed by atoms with Gasteiger partial charge in [0.15, 0.2) is 5.65 Å². The lowest BCUT2D eigenvalue weighted by atomic mass is 10.0. The number of Topliss-reactive ketones (excluding diaryl/α,β-unsaturated/α-hetero) is 1. The third kappa shape index (κ3) is 4.47. The average Bonchev–Trinajstić information content (AvgIpc) is 2.98. The molecule has 136 valence electrons. The van der Waals surface area contributed by atoms with Crippen molar-refractivity contribution in [2.24, 2.45) is 0 Å². The molecule has 0 atom stereocenters. The lowest BCUT2D eigenvalue weighted by Gasteiger charge is -2.04. The van der Waals surface area contributed by atoms with Crippen LogP contribution in [0.15, 0.2) is 36.5 Å². The van der Waals surface area contributed by atoms with Crippen molar-refractivity contribution in [3.8, 4) is 0 Å². The molecule has 0 unspecified atom stereocenters. The summed E-state index contributed by atoms with van der Waals surface area (Å²) in [6.07, 6.45) is -1.82. The molecule has 4 nitrogen and oxygen atoms in total. The second-order valence-corrected chi connectivity index (χ2v) is 6.33. The Morgan fingerprint density at radius 1 is 1.19 bits per heavy atom. The first-order valence-corrected chi connectivity index (χ1v) is 8.30. The Balaban J connectivity index is 1.56. The molecular weight excluding hydrogens is 343 g/mol. The summed E-state index contributed by atoms with van der Waals surface area (Å²) in [5.74, 6) is 0.664. The van der Waals surface area contributed by atoms with E-state index in [1.807, 2.05) is 31.2 Å². The summed E-state index contributed by atoms with van der Waals surface area (Å²) in [4.78, 5) is 22.8. The molecule has 2 heterocycles. The number of benzene rings is 1. The van der Waals surface area contributed by atoms with Gasteiger partial charge in [-0.3, -0.25) is 4.79 Å². The number of imidazole rings is 1. The minimum Gasteiger partial charge on any atom is -0.341 e. The van der Waals surface area contributed by atoms with E-state index >= 15 is 0 Å². The van der Waals surface area contributed by atoms with Crippen LogP contribution in [0, 0.1) is 6.92 Å². The van der Waals surface area contributed by atoms with Gasteiger partial charge in [0.05, 0.1) is 11.1 Å². The normalized spacial score (nSPS) is 11.8. The number of aromatic amines is 1. The van der Waals surface area contributed by atoms with Crippen molar-refractivity contribution in [1.82, 2.24) is 15.0 Å². The Morgan fingerprint density at radius 3 is 2.62 bits per heavy atom. The van der Waals surface area contributed by atoms with Gasteiger partial charge < -0.3 is 4.98 Å². The zero-order valence-electron chi connectivity index (χ0n) is 14.2. The number of rotatable bonds is 6. The Hall–Kier alpha value is -2.70. The zero-order chi connectivity index (χ0) is 18.7. The van der Waals surface area contributed by atoms with E-state index in [0.29, 0.717) is 31.5 Å². The van der Waals surface area contributed by atoms with Crippen LogP contribution in [-0.4, -0.2) is 20.7 Å². The van der Waals surface area contributed by atoms with E-state index in [1.165, 1.54) is 0 Å². The molecule has 7 heteroatoms. The summed E-state index contributed by atoms with van der Waals surface area (Å²) in [6.45, 7) is 1.99. The molecule has 1 N–H and O–H groups in total. The highest BCUT2D eigenvalue weighted by Gasteiger charge is 2.31. The third-order valence-electron chi connectivity index (χ3n) is 4.10. The first kappa shape index (κ1) is 18.1. The lowest BCUT2D eigenvalue weighted by Crippen LogP contribution is -2.05. The summed E-state index contributed by atoms with van der Waals surface area (Å²) in [6, 6.07) is 8.83. The molecule has 1 aromatic carbocycles. The smallest absolute Gasteiger partial charge is 0.341 e. The Morgan fingerprint density at radius 2 is 1.92 bits per heavy atom. The minimum atomic E-state index is -4.44. The van der Waals surface area contributed by atoms with E-state index in [9.17, 15) is 18.0 Å². The van der Waals surface area contributed by atoms with Crippen LogP contribution in [0.2, 0.25) is 0 Å². The number of nitrogens with zero attached hydrogens (tertiary/aromatic N) is 2. The number of aryl methyl sites for hydroxylation is 2. The number of fused-ring (bicyclic) bond motifs is 1. The lowest BCUT2D eigenvalue weighted by molar-refractivity contribution is -0.137. The van der Waals surface area contributed by atoms with Gasteiger partial charge in [-0.2, -0.15) is 13.2 Å². The molecule has 3 aromatic rings. The van der Waals surface area contributed by atoms with Gasteiger partial charge in [-0.25, -0.2) is 9.97 Å². The number of ketones is 1. The average molecular weight is 361 g/mol. The van der Waals surface area contributed by atoms with Gasteiger partial charge in [0.1, 0.15) is 11.6 Å². The highest BCUT2D eigenvalue weighted by atomic mass is 19.4. The van der Waals surface area contributed by atoms with Crippen LogP contribution in [0.3, 0.4) is 0 Å². The van der Waals surface area contributed by atoms with Crippen molar-refractivity contribution in [1.29, 1.82) is 0 Å². The highest BCUT2D eigenvalue weighted by molar-refractivity contribution is 5.80. The molecule has 0 aliphatic carbocycles. The number of carbonyl (C=O) groups is 1. The maximum Gasteiger partial charge on any atom is 0.417 e. The van der Waals surface area contributed by atoms with Gasteiger partial charge in [0, 0.05) is 25.5 Å². The molecule has 0 fully saturated rings. The first-order chi connectivity index (χ1) is 12.3. The number of carbonyl (C=O) groups excluding carboxylic acids is 1. The molecule has 3 rings (SSSR count). The van der Waals surface area contributed by atoms with Crippen LogP contribution in [0.5, 0.6) is 0 Å². The van der Waals surface area contributed by atoms with Crippen LogP contribution in [0.1, 0.15) is 35.4 Å². The standard InChI is InChI=1S/C19H18F3N3O/c1-12-5-7-13(8-6-12)9-15(26)3-2-4-17-24-16-10-14(19(20,21)22)11-23-18(16)25-17/h5-8,10-11H,2-4,9H2,1H3,(H,23,24,25). The number of nitrogens with one attached hydrogen (secondary N) is 1. The molecule has 0 radical (unpaired) electrons. The van der Waals surface area contributed by atoms with Crippen LogP contribution >= 0.6 is 0 Å². The zero-order valence-corrected chi connectivity index (χ0v) is 14.2. The van der Waals surface area contributed by atoms with E-state index in [4.69, 9.17) is 0 Å². The maximum atomic E-state index is 12.7. The monoisotopic (exact) mass is 361 g/mol. The molecule has 0 saturated carbocycles. The second kappa shape index (κ2) is 7.27. The third-order valence-corrected chi connectivity index (χ3v) is 4.10. The summed E-state index contributed by atoms with van der Waals surface area (Å²) < 4.78 is 38.1. The van der Waals surface area contributed by atoms with Crippen molar-refractivity contribution in [2.75, 3.05) is 0 Å². The molecule has 0 aliphatic rings. The summed E-state index contributed by atoms with van der Waals surface area (Å²) in [5, 5.41) is 0. The van der Waals surface area contributed by atoms with Crippen LogP contribution in [0.4, 0.5) is 13.2 Å². The van der Waals surface area contributed by atoms with Crippen LogP contribution in [-0.2, 0) is 23.8 Å². The summed E-state index contributed by atoms with van der Waals surface area (Å²) in [7, 11) is 0. The first-order valence-electron chi connectivity index (χ1n) is 8.30. The maximum absolute atomic E-state index is 12.7. The molecule has 0 amide bonds.